The van der Waals surface area contributed by atoms with Crippen LogP contribution >= 0.6 is 11.3 Å². The molecule has 0 saturated heterocycles. The number of hydrogen-bond donors (Lipinski definition) is 1. The highest BCUT2D eigenvalue weighted by Crippen LogP contribution is 2.26. The number of benzene rings is 2. The summed E-state index contributed by atoms with van der Waals surface area (Å²) in [6, 6.07) is 15.5. The Balaban J connectivity index is 1.65. The van der Waals surface area contributed by atoms with Crippen molar-refractivity contribution in [3.05, 3.63) is 64.5 Å². The van der Waals surface area contributed by atoms with Crippen molar-refractivity contribution >= 4 is 39.0 Å². The number of nitrogens with one attached hydrogen (secondary N) is 1. The molecule has 1 aromatic heterocycles. The predicted molar refractivity (Wildman–Crippen MR) is 106 cm³/mol. The SMILES string of the molecule is CCc1cccc(CC)c1NC(=O)COC(=O)c1cc2ccccc2s1. The lowest BCUT2D eigenvalue weighted by Gasteiger charge is -2.14. The Morgan fingerprint density at radius 3 is 2.35 bits per heavy atom. The van der Waals surface area contributed by atoms with E-state index in [-0.39, 0.29) is 12.5 Å². The maximum absolute atomic E-state index is 12.3. The van der Waals surface area contributed by atoms with E-state index in [1.807, 2.05) is 56.3 Å². The zero-order chi connectivity index (χ0) is 18.5. The predicted octanol–water partition coefficient (Wildman–Crippen LogP) is 4.82. The van der Waals surface area contributed by atoms with Crippen molar-refractivity contribution in [2.75, 3.05) is 11.9 Å². The van der Waals surface area contributed by atoms with Crippen LogP contribution in [0.2, 0.25) is 0 Å². The molecule has 0 aliphatic heterocycles. The second-order valence-corrected chi connectivity index (χ2v) is 7.01. The van der Waals surface area contributed by atoms with Gasteiger partial charge in [0.15, 0.2) is 6.61 Å². The fourth-order valence-electron chi connectivity index (χ4n) is 2.86. The molecule has 0 fully saturated rings. The molecule has 0 unspecified atom stereocenters. The Hall–Kier alpha value is -2.66. The number of anilines is 1. The van der Waals surface area contributed by atoms with Crippen LogP contribution in [0, 0.1) is 0 Å². The Kier molecular flexibility index (Phi) is 5.68. The first-order valence-electron chi connectivity index (χ1n) is 8.68. The highest BCUT2D eigenvalue weighted by molar-refractivity contribution is 7.20. The standard InChI is InChI=1S/C21H21NO3S/c1-3-14-9-7-10-15(4-2)20(14)22-19(23)13-25-21(24)18-12-16-8-5-6-11-17(16)26-18/h5-12H,3-4,13H2,1-2H3,(H,22,23). The number of amides is 1. The van der Waals surface area contributed by atoms with E-state index in [1.165, 1.54) is 11.3 Å². The average Bonchev–Trinajstić information content (AvgIpc) is 3.10. The third-order valence-corrected chi connectivity index (χ3v) is 5.32. The second kappa shape index (κ2) is 8.15. The van der Waals surface area contributed by atoms with Gasteiger partial charge in [0.05, 0.1) is 0 Å². The van der Waals surface area contributed by atoms with Crippen molar-refractivity contribution in [2.45, 2.75) is 26.7 Å². The van der Waals surface area contributed by atoms with Gasteiger partial charge in [-0.2, -0.15) is 0 Å². The van der Waals surface area contributed by atoms with E-state index in [0.29, 0.717) is 4.88 Å². The summed E-state index contributed by atoms with van der Waals surface area (Å²) in [7, 11) is 0. The molecule has 0 spiro atoms. The lowest BCUT2D eigenvalue weighted by Crippen LogP contribution is -2.22. The highest BCUT2D eigenvalue weighted by Gasteiger charge is 2.15. The largest absolute Gasteiger partial charge is 0.451 e. The summed E-state index contributed by atoms with van der Waals surface area (Å²) < 4.78 is 6.22. The van der Waals surface area contributed by atoms with E-state index in [9.17, 15) is 9.59 Å². The maximum atomic E-state index is 12.3. The van der Waals surface area contributed by atoms with Gasteiger partial charge in [-0.3, -0.25) is 4.79 Å². The fraction of sp³-hybridized carbons (Fsp3) is 0.238. The molecule has 5 heteroatoms. The first-order chi connectivity index (χ1) is 12.6. The van der Waals surface area contributed by atoms with Crippen molar-refractivity contribution < 1.29 is 14.3 Å². The molecule has 26 heavy (non-hydrogen) atoms. The summed E-state index contributed by atoms with van der Waals surface area (Å²) >= 11 is 1.37. The van der Waals surface area contributed by atoms with Gasteiger partial charge in [0, 0.05) is 10.4 Å². The molecule has 0 bridgehead atoms. The normalized spacial score (nSPS) is 10.7. The van der Waals surface area contributed by atoms with Crippen molar-refractivity contribution in [2.24, 2.45) is 0 Å². The van der Waals surface area contributed by atoms with Crippen molar-refractivity contribution in [3.63, 3.8) is 0 Å². The van der Waals surface area contributed by atoms with Crippen LogP contribution in [0.15, 0.2) is 48.5 Å². The van der Waals surface area contributed by atoms with E-state index in [2.05, 4.69) is 5.32 Å². The summed E-state index contributed by atoms with van der Waals surface area (Å²) in [5, 5.41) is 3.90. The number of ether oxygens (including phenoxy) is 1. The Morgan fingerprint density at radius 1 is 1.00 bits per heavy atom. The van der Waals surface area contributed by atoms with Crippen LogP contribution in [-0.2, 0) is 22.4 Å². The lowest BCUT2D eigenvalue weighted by atomic mass is 10.0. The van der Waals surface area contributed by atoms with Crippen LogP contribution < -0.4 is 5.32 Å². The molecule has 3 aromatic rings. The molecular formula is C21H21NO3S. The van der Waals surface area contributed by atoms with Crippen molar-refractivity contribution in [1.82, 2.24) is 0 Å². The first-order valence-corrected chi connectivity index (χ1v) is 9.50. The van der Waals surface area contributed by atoms with Crippen LogP contribution in [-0.4, -0.2) is 18.5 Å². The third kappa shape index (κ3) is 3.94. The number of aryl methyl sites for hydroxylation is 2. The van der Waals surface area contributed by atoms with Crippen LogP contribution in [0.3, 0.4) is 0 Å². The van der Waals surface area contributed by atoms with Gasteiger partial charge < -0.3 is 10.1 Å². The molecule has 0 atom stereocenters. The zero-order valence-corrected chi connectivity index (χ0v) is 15.7. The molecule has 0 aliphatic rings. The van der Waals surface area contributed by atoms with E-state index < -0.39 is 5.97 Å². The molecule has 3 rings (SSSR count). The summed E-state index contributed by atoms with van der Waals surface area (Å²) in [4.78, 5) is 25.0. The minimum atomic E-state index is -0.471. The molecule has 1 N–H and O–H groups in total. The van der Waals surface area contributed by atoms with Crippen LogP contribution in [0.5, 0.6) is 0 Å². The smallest absolute Gasteiger partial charge is 0.348 e. The number of rotatable bonds is 6. The Morgan fingerprint density at radius 2 is 1.69 bits per heavy atom. The highest BCUT2D eigenvalue weighted by atomic mass is 32.1. The van der Waals surface area contributed by atoms with Gasteiger partial charge in [0.2, 0.25) is 0 Å². The minimum Gasteiger partial charge on any atom is -0.451 e. The Labute approximate surface area is 156 Å². The fourth-order valence-corrected chi connectivity index (χ4v) is 3.82. The monoisotopic (exact) mass is 367 g/mol. The van der Waals surface area contributed by atoms with Gasteiger partial charge in [-0.25, -0.2) is 4.79 Å². The molecule has 1 heterocycles. The first kappa shape index (κ1) is 18.1. The van der Waals surface area contributed by atoms with Crippen LogP contribution in [0.1, 0.15) is 34.6 Å². The summed E-state index contributed by atoms with van der Waals surface area (Å²) in [6.07, 6.45) is 1.65. The molecule has 0 aliphatic carbocycles. The van der Waals surface area contributed by atoms with Gasteiger partial charge in [0.1, 0.15) is 4.88 Å². The molecule has 2 aromatic carbocycles. The third-order valence-electron chi connectivity index (χ3n) is 4.22. The second-order valence-electron chi connectivity index (χ2n) is 5.93. The number of hydrogen-bond acceptors (Lipinski definition) is 4. The van der Waals surface area contributed by atoms with Gasteiger partial charge in [-0.05, 0) is 41.5 Å². The number of thiophene rings is 1. The van der Waals surface area contributed by atoms with Gasteiger partial charge in [-0.1, -0.05) is 50.2 Å². The lowest BCUT2D eigenvalue weighted by molar-refractivity contribution is -0.119. The number of esters is 1. The van der Waals surface area contributed by atoms with E-state index in [1.54, 1.807) is 6.07 Å². The molecule has 4 nitrogen and oxygen atoms in total. The number of carbonyl (C=O) groups is 2. The van der Waals surface area contributed by atoms with Crippen LogP contribution in [0.25, 0.3) is 10.1 Å². The van der Waals surface area contributed by atoms with Crippen molar-refractivity contribution in [3.8, 4) is 0 Å². The summed E-state index contributed by atoms with van der Waals surface area (Å²) in [5.41, 5.74) is 2.99. The van der Waals surface area contributed by atoms with Crippen molar-refractivity contribution in [1.29, 1.82) is 0 Å². The number of carbonyl (C=O) groups excluding carboxylic acids is 2. The van der Waals surface area contributed by atoms with E-state index in [0.717, 1.165) is 39.7 Å². The molecule has 0 radical (unpaired) electrons. The zero-order valence-electron chi connectivity index (χ0n) is 14.9. The molecular weight excluding hydrogens is 346 g/mol. The van der Waals surface area contributed by atoms with Gasteiger partial charge in [0.25, 0.3) is 5.91 Å². The van der Waals surface area contributed by atoms with E-state index >= 15 is 0 Å². The molecule has 134 valence electrons. The summed E-state index contributed by atoms with van der Waals surface area (Å²) in [5.74, 6) is -0.795. The maximum Gasteiger partial charge on any atom is 0.348 e. The topological polar surface area (TPSA) is 55.4 Å². The average molecular weight is 367 g/mol. The Bertz CT molecular complexity index is 890. The summed E-state index contributed by atoms with van der Waals surface area (Å²) in [6.45, 7) is 3.80. The minimum absolute atomic E-state index is 0.297. The van der Waals surface area contributed by atoms with Gasteiger partial charge in [-0.15, -0.1) is 11.3 Å². The number of para-hydroxylation sites is 1. The van der Waals surface area contributed by atoms with Gasteiger partial charge >= 0.3 is 5.97 Å². The number of fused-ring (bicyclic) bond motifs is 1. The quantitative estimate of drug-likeness (QED) is 0.636. The molecule has 0 saturated carbocycles. The molecule has 1 amide bonds. The van der Waals surface area contributed by atoms with E-state index in [4.69, 9.17) is 4.74 Å². The van der Waals surface area contributed by atoms with Crippen LogP contribution in [0.4, 0.5) is 5.69 Å².